The van der Waals surface area contributed by atoms with Gasteiger partial charge >= 0.3 is 6.41 Å². The van der Waals surface area contributed by atoms with Crippen LogP contribution in [0.25, 0.3) is 11.4 Å². The molecule has 2 aromatic rings. The number of aromatic nitrogens is 2. The molecule has 1 fully saturated rings. The highest BCUT2D eigenvalue weighted by Gasteiger charge is 2.39. The zero-order valence-electron chi connectivity index (χ0n) is 14.5. The van der Waals surface area contributed by atoms with Crippen molar-refractivity contribution in [3.8, 4) is 11.4 Å². The van der Waals surface area contributed by atoms with Crippen LogP contribution in [0.4, 0.5) is 4.39 Å². The smallest absolute Gasteiger partial charge is 0.341 e. The molecule has 0 radical (unpaired) electrons. The van der Waals surface area contributed by atoms with Crippen molar-refractivity contribution in [2.24, 2.45) is 10.3 Å². The van der Waals surface area contributed by atoms with E-state index in [-0.39, 0.29) is 8.58 Å². The van der Waals surface area contributed by atoms with Crippen molar-refractivity contribution >= 4 is 30.1 Å². The van der Waals surface area contributed by atoms with E-state index in [0.29, 0.717) is 17.9 Å². The number of hydrogen-bond acceptors (Lipinski definition) is 8. The highest BCUT2D eigenvalue weighted by molar-refractivity contribution is 8.15. The first-order valence-electron chi connectivity index (χ1n) is 8.09. The van der Waals surface area contributed by atoms with Gasteiger partial charge < -0.3 is 4.52 Å². The van der Waals surface area contributed by atoms with E-state index < -0.39 is 5.82 Å². The van der Waals surface area contributed by atoms with Gasteiger partial charge in [0.1, 0.15) is 40.3 Å². The Balaban J connectivity index is 1.73. The number of nitrogens with zero attached hydrogens (tertiary/aromatic N) is 5. The first-order chi connectivity index (χ1) is 12.6. The molecular weight excluding hydrogens is 377 g/mol. The third-order valence-electron chi connectivity index (χ3n) is 4.01. The van der Waals surface area contributed by atoms with Crippen molar-refractivity contribution in [2.75, 3.05) is 19.3 Å². The zero-order chi connectivity index (χ0) is 18.6. The normalized spacial score (nSPS) is 23.4. The number of carbonyl (C=O) groups is 1. The van der Waals surface area contributed by atoms with Crippen molar-refractivity contribution < 1.29 is 17.7 Å². The van der Waals surface area contributed by atoms with Gasteiger partial charge in [0.05, 0.1) is 18.9 Å². The van der Waals surface area contributed by atoms with Crippen LogP contribution in [-0.4, -0.2) is 44.5 Å². The minimum absolute atomic E-state index is 0.0524. The van der Waals surface area contributed by atoms with E-state index in [2.05, 4.69) is 20.5 Å². The highest BCUT2D eigenvalue weighted by atomic mass is 32.2. The van der Waals surface area contributed by atoms with E-state index in [1.54, 1.807) is 13.1 Å². The van der Waals surface area contributed by atoms with E-state index >= 15 is 0 Å². The average Bonchev–Trinajstić information content (AvgIpc) is 3.02. The molecule has 1 aliphatic rings. The molecule has 138 valence electrons. The van der Waals surface area contributed by atoms with Gasteiger partial charge in [0.2, 0.25) is 0 Å². The van der Waals surface area contributed by atoms with Gasteiger partial charge in [-0.25, -0.2) is 9.18 Å². The Kier molecular flexibility index (Phi) is 6.05. The largest absolute Gasteiger partial charge is 0.361 e. The summed E-state index contributed by atoms with van der Waals surface area (Å²) in [6, 6.07) is 2.95. The van der Waals surface area contributed by atoms with Crippen molar-refractivity contribution in [3.63, 3.8) is 0 Å². The van der Waals surface area contributed by atoms with Gasteiger partial charge in [0.15, 0.2) is 0 Å². The van der Waals surface area contributed by atoms with E-state index in [1.807, 2.05) is 18.7 Å². The lowest BCUT2D eigenvalue weighted by Crippen LogP contribution is -2.41. The van der Waals surface area contributed by atoms with Gasteiger partial charge in [-0.1, -0.05) is 9.15 Å². The third-order valence-corrected chi connectivity index (χ3v) is 6.88. The van der Waals surface area contributed by atoms with Crippen LogP contribution < -0.4 is 0 Å². The number of thioether (sulfide) groups is 1. The molecule has 2 unspecified atom stereocenters. The summed E-state index contributed by atoms with van der Waals surface area (Å²) in [6.45, 7) is 2.48. The lowest BCUT2D eigenvalue weighted by Gasteiger charge is -2.29. The van der Waals surface area contributed by atoms with Crippen LogP contribution in [0.5, 0.6) is 0 Å². The third kappa shape index (κ3) is 4.13. The van der Waals surface area contributed by atoms with Gasteiger partial charge in [-0.3, -0.25) is 4.98 Å². The first kappa shape index (κ1) is 19.0. The molecule has 10 heteroatoms. The molecule has 0 bridgehead atoms. The number of pyridine rings is 1. The number of amides is 1. The molecule has 7 nitrogen and oxygen atoms in total. The Morgan fingerprint density at radius 3 is 3.04 bits per heavy atom. The van der Waals surface area contributed by atoms with Gasteiger partial charge in [-0.15, -0.1) is 16.9 Å². The predicted molar refractivity (Wildman–Crippen MR) is 98.6 cm³/mol. The minimum atomic E-state index is -0.390. The summed E-state index contributed by atoms with van der Waals surface area (Å²) in [5.41, 5.74) is 2.18. The summed E-state index contributed by atoms with van der Waals surface area (Å²) < 4.78 is 18.6. The van der Waals surface area contributed by atoms with Crippen LogP contribution in [0.1, 0.15) is 17.7 Å². The van der Waals surface area contributed by atoms with Crippen LogP contribution in [0.3, 0.4) is 0 Å². The van der Waals surface area contributed by atoms with Gasteiger partial charge in [-0.05, 0) is 31.9 Å². The average molecular weight is 396 g/mol. The summed E-state index contributed by atoms with van der Waals surface area (Å²) in [7, 11) is 1.57. The molecule has 1 aliphatic heterocycles. The fraction of sp³-hybridized carbons (Fsp3) is 0.438. The number of rotatable bonds is 6. The van der Waals surface area contributed by atoms with E-state index in [9.17, 15) is 9.18 Å². The van der Waals surface area contributed by atoms with Gasteiger partial charge in [-0.2, -0.15) is 0 Å². The standard InChI is InChI=1S/C16H19FN5O2S2/c1-11-13(16(20-24-11)14-5-3-12(17)9-19-14)4-6-15-25-8-7-22(10-23,26-15)21-18-2/h3,5,9-10,15H,4,6-8H2,1-2H3/q+1. The quantitative estimate of drug-likeness (QED) is 0.320. The highest BCUT2D eigenvalue weighted by Crippen LogP contribution is 2.41. The van der Waals surface area contributed by atoms with Crippen LogP contribution in [-0.2, 0) is 11.2 Å². The molecule has 0 aliphatic carbocycles. The monoisotopic (exact) mass is 396 g/mol. The van der Waals surface area contributed by atoms with E-state index in [0.717, 1.165) is 36.3 Å². The van der Waals surface area contributed by atoms with Crippen molar-refractivity contribution in [3.05, 3.63) is 35.5 Å². The SMILES string of the molecule is CN=N[N+]1(C=O)CCSC(CCc2c(-c3ccc(F)cn3)noc2C)S1. The molecule has 3 rings (SSSR count). The predicted octanol–water partition coefficient (Wildman–Crippen LogP) is 3.81. The molecule has 1 saturated heterocycles. The molecule has 2 aromatic heterocycles. The molecule has 0 spiro atoms. The maximum Gasteiger partial charge on any atom is 0.341 e. The van der Waals surface area contributed by atoms with Gasteiger partial charge in [0, 0.05) is 16.5 Å². The number of aryl methyl sites for hydroxylation is 1. The molecule has 0 aromatic carbocycles. The zero-order valence-corrected chi connectivity index (χ0v) is 16.1. The topological polar surface area (TPSA) is 80.7 Å². The molecule has 1 amide bonds. The van der Waals surface area contributed by atoms with Crippen molar-refractivity contribution in [1.82, 2.24) is 10.1 Å². The van der Waals surface area contributed by atoms with Crippen LogP contribution in [0.15, 0.2) is 33.2 Å². The summed E-state index contributed by atoms with van der Waals surface area (Å²) in [5, 5.41) is 12.0. The molecule has 2 atom stereocenters. The van der Waals surface area contributed by atoms with E-state index in [4.69, 9.17) is 4.52 Å². The van der Waals surface area contributed by atoms with Crippen molar-refractivity contribution in [1.29, 1.82) is 0 Å². The Bertz CT molecular complexity index is 798. The number of quaternary nitrogens is 1. The maximum atomic E-state index is 13.1. The molecule has 3 heterocycles. The minimum Gasteiger partial charge on any atom is -0.361 e. The lowest BCUT2D eigenvalue weighted by molar-refractivity contribution is -0.716. The number of halogens is 1. The Labute approximate surface area is 159 Å². The maximum absolute atomic E-state index is 13.1. The fourth-order valence-electron chi connectivity index (χ4n) is 2.72. The van der Waals surface area contributed by atoms with Crippen LogP contribution >= 0.6 is 23.7 Å². The fourth-order valence-corrected chi connectivity index (χ4v) is 5.74. The molecule has 0 saturated carbocycles. The first-order valence-corrected chi connectivity index (χ1v) is 9.98. The summed E-state index contributed by atoms with van der Waals surface area (Å²) >= 11 is 3.30. The van der Waals surface area contributed by atoms with Crippen molar-refractivity contribution in [2.45, 2.75) is 24.3 Å². The Morgan fingerprint density at radius 1 is 1.50 bits per heavy atom. The summed E-state index contributed by atoms with van der Waals surface area (Å²) in [5.74, 6) is 1.17. The summed E-state index contributed by atoms with van der Waals surface area (Å²) in [6.07, 6.45) is 3.54. The molecular formula is C16H19FN5O2S2+. The molecule has 0 N–H and O–H groups in total. The number of hydrogen-bond donors (Lipinski definition) is 0. The second-order valence-corrected chi connectivity index (χ2v) is 8.77. The van der Waals surface area contributed by atoms with E-state index in [1.165, 1.54) is 24.2 Å². The second-order valence-electron chi connectivity index (χ2n) is 5.75. The second kappa shape index (κ2) is 8.28. The molecule has 26 heavy (non-hydrogen) atoms. The lowest BCUT2D eigenvalue weighted by atomic mass is 10.1. The number of carbonyl (C=O) groups excluding carboxylic acids is 1. The van der Waals surface area contributed by atoms with Crippen LogP contribution in [0, 0.1) is 12.7 Å². The van der Waals surface area contributed by atoms with Gasteiger partial charge in [0.25, 0.3) is 0 Å². The van der Waals surface area contributed by atoms with Crippen LogP contribution in [0.2, 0.25) is 0 Å². The Hall–Kier alpha value is -1.78. The summed E-state index contributed by atoms with van der Waals surface area (Å²) in [4.78, 5) is 15.6. The Morgan fingerprint density at radius 2 is 2.35 bits per heavy atom.